The van der Waals surface area contributed by atoms with Gasteiger partial charge in [-0.3, -0.25) is 0 Å². The number of carbonyl (C=O) groups excluding carboxylic acids is 1. The summed E-state index contributed by atoms with van der Waals surface area (Å²) in [6.07, 6.45) is -0.986. The minimum Gasteiger partial charge on any atom is -0.426 e. The molecule has 0 fully saturated rings. The van der Waals surface area contributed by atoms with Crippen LogP contribution in [-0.4, -0.2) is 6.16 Å². The molecule has 2 rings (SSSR count). The Morgan fingerprint density at radius 3 is 2.50 bits per heavy atom. The Labute approximate surface area is 111 Å². The summed E-state index contributed by atoms with van der Waals surface area (Å²) in [6.45, 7) is 1.21. The van der Waals surface area contributed by atoms with Crippen molar-refractivity contribution in [3.8, 4) is 5.75 Å². The molecule has 0 N–H and O–H groups in total. The smallest absolute Gasteiger partial charge is 0.426 e. The van der Waals surface area contributed by atoms with Gasteiger partial charge < -0.3 is 18.3 Å². The zero-order valence-electron chi connectivity index (χ0n) is 10.3. The third-order valence-corrected chi connectivity index (χ3v) is 2.30. The molecule has 0 saturated heterocycles. The van der Waals surface area contributed by atoms with Crippen LogP contribution in [0.4, 0.5) is 10.5 Å². The zero-order chi connectivity index (χ0) is 14.5. The molecule has 1 heterocycles. The molecule has 0 aliphatic carbocycles. The Kier molecular flexibility index (Phi) is 3.94. The summed E-state index contributed by atoms with van der Waals surface area (Å²) in [6, 6.07) is 5.55. The number of rotatable bonds is 4. The first-order valence-electron chi connectivity index (χ1n) is 5.46. The Balaban J connectivity index is 1.90. The molecule has 104 valence electrons. The van der Waals surface area contributed by atoms with Crippen molar-refractivity contribution in [2.24, 2.45) is 5.18 Å². The lowest BCUT2D eigenvalue weighted by molar-refractivity contribution is 0.0857. The Bertz CT molecular complexity index is 668. The van der Waals surface area contributed by atoms with Gasteiger partial charge in [0.05, 0.1) is 0 Å². The topological polar surface area (TPSA) is 108 Å². The van der Waals surface area contributed by atoms with Crippen molar-refractivity contribution in [2.75, 3.05) is 0 Å². The van der Waals surface area contributed by atoms with Crippen LogP contribution in [0.2, 0.25) is 0 Å². The predicted octanol–water partition coefficient (Wildman–Crippen LogP) is 2.65. The second-order valence-electron chi connectivity index (χ2n) is 3.66. The number of nitroso groups, excluding NO2 is 1. The van der Waals surface area contributed by atoms with Crippen molar-refractivity contribution in [2.45, 2.75) is 13.5 Å². The highest BCUT2D eigenvalue weighted by Gasteiger charge is 2.12. The van der Waals surface area contributed by atoms with Crippen LogP contribution in [0.25, 0.3) is 0 Å². The summed E-state index contributed by atoms with van der Waals surface area (Å²) in [4.78, 5) is 32.4. The van der Waals surface area contributed by atoms with Crippen LogP contribution < -0.4 is 10.6 Å². The number of hydrogen-bond donors (Lipinski definition) is 0. The molecule has 0 radical (unpaired) electrons. The van der Waals surface area contributed by atoms with Gasteiger partial charge in [0.15, 0.2) is 18.1 Å². The van der Waals surface area contributed by atoms with Gasteiger partial charge in [-0.25, -0.2) is 9.59 Å². The summed E-state index contributed by atoms with van der Waals surface area (Å²) >= 11 is 0. The molecule has 1 aromatic heterocycles. The van der Waals surface area contributed by atoms with Crippen molar-refractivity contribution < 1.29 is 23.1 Å². The van der Waals surface area contributed by atoms with E-state index in [1.807, 2.05) is 0 Å². The standard InChI is InChI=1S/C12H9NO7/c1-7-10(20-12(15)18-7)6-17-11(14)19-9-4-2-8(13-16)3-5-9/h2-5H,6H2,1H3. The molecule has 8 nitrogen and oxygen atoms in total. The van der Waals surface area contributed by atoms with Gasteiger partial charge in [0.25, 0.3) is 0 Å². The quantitative estimate of drug-likeness (QED) is 0.480. The number of ether oxygens (including phenoxy) is 2. The Morgan fingerprint density at radius 1 is 1.25 bits per heavy atom. The molecule has 1 aromatic carbocycles. The van der Waals surface area contributed by atoms with E-state index in [9.17, 15) is 14.5 Å². The minimum atomic E-state index is -0.986. The molecule has 0 unspecified atom stereocenters. The summed E-state index contributed by atoms with van der Waals surface area (Å²) in [7, 11) is 0. The van der Waals surface area contributed by atoms with Crippen molar-refractivity contribution in [1.29, 1.82) is 0 Å². The normalized spacial score (nSPS) is 10.1. The lowest BCUT2D eigenvalue weighted by atomic mass is 10.3. The van der Waals surface area contributed by atoms with E-state index in [1.165, 1.54) is 31.2 Å². The number of nitrogens with zero attached hydrogens (tertiary/aromatic N) is 1. The van der Waals surface area contributed by atoms with E-state index in [0.29, 0.717) is 0 Å². The van der Waals surface area contributed by atoms with Crippen molar-refractivity contribution in [3.05, 3.63) is 51.3 Å². The Morgan fingerprint density at radius 2 is 1.95 bits per heavy atom. The zero-order valence-corrected chi connectivity index (χ0v) is 10.3. The highest BCUT2D eigenvalue weighted by atomic mass is 16.7. The molecule has 8 heteroatoms. The molecule has 0 saturated carbocycles. The molecule has 0 aliphatic heterocycles. The fourth-order valence-electron chi connectivity index (χ4n) is 1.33. The average Bonchev–Trinajstić information content (AvgIpc) is 2.75. The maximum atomic E-state index is 11.4. The fourth-order valence-corrected chi connectivity index (χ4v) is 1.33. The molecule has 0 bridgehead atoms. The molecule has 2 aromatic rings. The lowest BCUT2D eigenvalue weighted by Gasteiger charge is -2.04. The van der Waals surface area contributed by atoms with Gasteiger partial charge in [-0.2, -0.15) is 0 Å². The maximum Gasteiger partial charge on any atom is 0.519 e. The first-order chi connectivity index (χ1) is 9.58. The van der Waals surface area contributed by atoms with E-state index in [2.05, 4.69) is 14.0 Å². The van der Waals surface area contributed by atoms with Crippen LogP contribution in [0, 0.1) is 11.8 Å². The molecule has 0 amide bonds. The van der Waals surface area contributed by atoms with Gasteiger partial charge in [0.1, 0.15) is 11.4 Å². The van der Waals surface area contributed by atoms with Crippen LogP contribution >= 0.6 is 0 Å². The highest BCUT2D eigenvalue weighted by molar-refractivity contribution is 5.64. The minimum absolute atomic E-state index is 0.104. The molecular weight excluding hydrogens is 270 g/mol. The van der Waals surface area contributed by atoms with Gasteiger partial charge in [0.2, 0.25) is 0 Å². The van der Waals surface area contributed by atoms with Crippen LogP contribution in [0.3, 0.4) is 0 Å². The summed E-state index contributed by atoms with van der Waals surface area (Å²) in [5.41, 5.74) is 0.210. The third kappa shape index (κ3) is 3.31. The monoisotopic (exact) mass is 279 g/mol. The van der Waals surface area contributed by atoms with Crippen molar-refractivity contribution >= 4 is 11.8 Å². The number of hydrogen-bond acceptors (Lipinski definition) is 8. The maximum absolute atomic E-state index is 11.4. The van der Waals surface area contributed by atoms with Gasteiger partial charge in [-0.05, 0) is 36.4 Å². The molecule has 0 spiro atoms. The second kappa shape index (κ2) is 5.83. The van der Waals surface area contributed by atoms with Gasteiger partial charge in [-0.15, -0.1) is 4.91 Å². The largest absolute Gasteiger partial charge is 0.519 e. The third-order valence-electron chi connectivity index (χ3n) is 2.30. The van der Waals surface area contributed by atoms with E-state index in [0.717, 1.165) is 0 Å². The van der Waals surface area contributed by atoms with Crippen LogP contribution in [0.5, 0.6) is 5.75 Å². The van der Waals surface area contributed by atoms with Crippen molar-refractivity contribution in [3.63, 3.8) is 0 Å². The van der Waals surface area contributed by atoms with Crippen LogP contribution in [-0.2, 0) is 11.3 Å². The van der Waals surface area contributed by atoms with E-state index in [4.69, 9.17) is 9.47 Å². The van der Waals surface area contributed by atoms with E-state index in [1.54, 1.807) is 0 Å². The van der Waals surface area contributed by atoms with Gasteiger partial charge in [-0.1, -0.05) is 0 Å². The van der Waals surface area contributed by atoms with E-state index < -0.39 is 12.0 Å². The SMILES string of the molecule is Cc1oc(=O)oc1COC(=O)Oc1ccc(N=O)cc1. The molecule has 20 heavy (non-hydrogen) atoms. The predicted molar refractivity (Wildman–Crippen MR) is 64.7 cm³/mol. The van der Waals surface area contributed by atoms with E-state index >= 15 is 0 Å². The number of carbonyl (C=O) groups is 1. The molecular formula is C12H9NO7. The van der Waals surface area contributed by atoms with Crippen LogP contribution in [0.1, 0.15) is 11.5 Å². The lowest BCUT2D eigenvalue weighted by Crippen LogP contribution is -2.10. The number of benzene rings is 1. The highest BCUT2D eigenvalue weighted by Crippen LogP contribution is 2.18. The van der Waals surface area contributed by atoms with Crippen molar-refractivity contribution in [1.82, 2.24) is 0 Å². The summed E-state index contributed by atoms with van der Waals surface area (Å²) < 4.78 is 18.8. The number of aryl methyl sites for hydroxylation is 1. The second-order valence-corrected chi connectivity index (χ2v) is 3.66. The Hall–Kier alpha value is -2.90. The summed E-state index contributed by atoms with van der Waals surface area (Å²) in [5.74, 6) is -0.351. The summed E-state index contributed by atoms with van der Waals surface area (Å²) in [5, 5.41) is 2.70. The van der Waals surface area contributed by atoms with Crippen LogP contribution in [0.15, 0.2) is 43.1 Å². The molecule has 0 aliphatic rings. The molecule has 0 atom stereocenters. The fraction of sp³-hybridized carbons (Fsp3) is 0.167. The average molecular weight is 279 g/mol. The first-order valence-corrected chi connectivity index (χ1v) is 5.46. The van der Waals surface area contributed by atoms with E-state index in [-0.39, 0.29) is 29.6 Å². The van der Waals surface area contributed by atoms with Gasteiger partial charge in [0, 0.05) is 0 Å². The van der Waals surface area contributed by atoms with Gasteiger partial charge >= 0.3 is 12.0 Å². The first kappa shape index (κ1) is 13.5.